The molecule has 1 N–H and O–H groups in total. The number of carbonyl (C=O) groups is 1. The monoisotopic (exact) mass is 396 g/mol. The van der Waals surface area contributed by atoms with E-state index in [0.29, 0.717) is 29.1 Å². The Labute approximate surface area is 172 Å². The lowest BCUT2D eigenvalue weighted by molar-refractivity contribution is 0.0463. The molecule has 0 aliphatic carbocycles. The predicted molar refractivity (Wildman–Crippen MR) is 113 cm³/mol. The highest BCUT2D eigenvalue weighted by Crippen LogP contribution is 2.33. The number of amides is 1. The van der Waals surface area contributed by atoms with Crippen LogP contribution in [0.2, 0.25) is 0 Å². The van der Waals surface area contributed by atoms with E-state index in [2.05, 4.69) is 29.2 Å². The molecule has 0 radical (unpaired) electrons. The second-order valence-electron chi connectivity index (χ2n) is 9.33. The number of fused-ring (bicyclic) bond motifs is 3. The molecule has 2 bridgehead atoms. The summed E-state index contributed by atoms with van der Waals surface area (Å²) in [5.74, 6) is 1.14. The molecule has 156 valence electrons. The molecule has 0 saturated carbocycles. The maximum Gasteiger partial charge on any atom is 0.253 e. The van der Waals surface area contributed by atoms with Crippen molar-refractivity contribution < 1.29 is 9.21 Å². The first-order valence-corrected chi connectivity index (χ1v) is 11.2. The maximum atomic E-state index is 13.1. The molecular formula is C23H32N4O2. The molecule has 1 aromatic carbocycles. The number of oxazole rings is 1. The fraction of sp³-hybridized carbons (Fsp3) is 0.652. The van der Waals surface area contributed by atoms with Crippen LogP contribution in [-0.4, -0.2) is 66.0 Å². The van der Waals surface area contributed by atoms with Crippen molar-refractivity contribution >= 4 is 17.0 Å². The number of piperidine rings is 3. The Morgan fingerprint density at radius 2 is 1.83 bits per heavy atom. The zero-order valence-corrected chi connectivity index (χ0v) is 17.6. The van der Waals surface area contributed by atoms with Crippen molar-refractivity contribution in [2.24, 2.45) is 0 Å². The fourth-order valence-corrected chi connectivity index (χ4v) is 5.58. The first kappa shape index (κ1) is 19.1. The third-order valence-electron chi connectivity index (χ3n) is 7.42. The van der Waals surface area contributed by atoms with Gasteiger partial charge in [0, 0.05) is 24.0 Å². The summed E-state index contributed by atoms with van der Waals surface area (Å²) in [6.07, 6.45) is 8.03. The fourth-order valence-electron chi connectivity index (χ4n) is 5.58. The van der Waals surface area contributed by atoms with Crippen LogP contribution in [0.25, 0.3) is 11.1 Å². The lowest BCUT2D eigenvalue weighted by Crippen LogP contribution is -2.55. The van der Waals surface area contributed by atoms with Gasteiger partial charge in [-0.25, -0.2) is 4.98 Å². The summed E-state index contributed by atoms with van der Waals surface area (Å²) in [6, 6.07) is 7.18. The van der Waals surface area contributed by atoms with Gasteiger partial charge in [-0.05, 0) is 77.8 Å². The number of aromatic nitrogens is 1. The maximum absolute atomic E-state index is 13.1. The molecule has 3 saturated heterocycles. The van der Waals surface area contributed by atoms with Gasteiger partial charge in [-0.15, -0.1) is 0 Å². The molecule has 2 unspecified atom stereocenters. The number of carbonyl (C=O) groups excluding carboxylic acids is 1. The van der Waals surface area contributed by atoms with Crippen molar-refractivity contribution in [2.45, 2.75) is 69.0 Å². The molecule has 3 aliphatic rings. The van der Waals surface area contributed by atoms with Crippen LogP contribution in [0, 0.1) is 0 Å². The van der Waals surface area contributed by atoms with Gasteiger partial charge in [0.2, 0.25) is 0 Å². The zero-order chi connectivity index (χ0) is 20.0. The molecule has 3 aliphatic heterocycles. The van der Waals surface area contributed by atoms with E-state index >= 15 is 0 Å². The highest BCUT2D eigenvalue weighted by Gasteiger charge is 2.36. The summed E-state index contributed by atoms with van der Waals surface area (Å²) < 4.78 is 6.08. The summed E-state index contributed by atoms with van der Waals surface area (Å²) >= 11 is 0. The number of para-hydroxylation sites is 1. The molecule has 29 heavy (non-hydrogen) atoms. The van der Waals surface area contributed by atoms with Gasteiger partial charge >= 0.3 is 0 Å². The van der Waals surface area contributed by atoms with E-state index in [4.69, 9.17) is 9.40 Å². The number of benzene rings is 1. The second kappa shape index (κ2) is 7.73. The Bertz CT molecular complexity index is 872. The number of likely N-dealkylation sites (tertiary alicyclic amines) is 1. The topological polar surface area (TPSA) is 61.6 Å². The summed E-state index contributed by atoms with van der Waals surface area (Å²) in [5.41, 5.74) is 2.09. The normalized spacial score (nSPS) is 29.2. The number of hydrogen-bond acceptors (Lipinski definition) is 5. The van der Waals surface area contributed by atoms with Crippen LogP contribution in [-0.2, 0) is 0 Å². The third kappa shape index (κ3) is 3.68. The van der Waals surface area contributed by atoms with Crippen LogP contribution in [0.3, 0.4) is 0 Å². The molecule has 6 nitrogen and oxygen atoms in total. The van der Waals surface area contributed by atoms with E-state index in [1.54, 1.807) is 0 Å². The van der Waals surface area contributed by atoms with Crippen molar-refractivity contribution in [1.82, 2.24) is 20.1 Å². The Hall–Kier alpha value is -1.92. The van der Waals surface area contributed by atoms with Crippen molar-refractivity contribution in [3.8, 4) is 0 Å². The lowest BCUT2D eigenvalue weighted by Gasteiger charge is -2.47. The second-order valence-corrected chi connectivity index (χ2v) is 9.33. The summed E-state index contributed by atoms with van der Waals surface area (Å²) in [6.45, 7) is 2.13. The van der Waals surface area contributed by atoms with Crippen LogP contribution in [0.1, 0.15) is 67.1 Å². The standard InChI is InChI=1S/C23H32N4O2/c1-26-11-9-15(10-12-26)23-25-21-19(7-4-8-20(21)29-23)22(28)24-16-13-17-5-3-6-18(14-16)27(17)2/h4,7-8,15-18H,3,5-6,9-14H2,1-2H3,(H,24,28). The zero-order valence-electron chi connectivity index (χ0n) is 17.6. The number of nitrogens with one attached hydrogen (secondary N) is 1. The van der Waals surface area contributed by atoms with Gasteiger partial charge in [-0.2, -0.15) is 0 Å². The quantitative estimate of drug-likeness (QED) is 0.862. The van der Waals surface area contributed by atoms with Crippen molar-refractivity contribution in [2.75, 3.05) is 27.2 Å². The largest absolute Gasteiger partial charge is 0.440 e. The van der Waals surface area contributed by atoms with Gasteiger partial charge in [0.05, 0.1) is 5.56 Å². The lowest BCUT2D eigenvalue weighted by atomic mass is 9.82. The third-order valence-corrected chi connectivity index (χ3v) is 7.42. The summed E-state index contributed by atoms with van der Waals surface area (Å²) in [5, 5.41) is 3.32. The van der Waals surface area contributed by atoms with Gasteiger partial charge in [0.25, 0.3) is 5.91 Å². The first-order valence-electron chi connectivity index (χ1n) is 11.2. The first-order chi connectivity index (χ1) is 14.1. The Kier molecular flexibility index (Phi) is 5.08. The molecule has 4 heterocycles. The predicted octanol–water partition coefficient (Wildman–Crippen LogP) is 3.38. The number of nitrogens with zero attached hydrogens (tertiary/aromatic N) is 3. The van der Waals surface area contributed by atoms with Crippen LogP contribution in [0.4, 0.5) is 0 Å². The average Bonchev–Trinajstić information content (AvgIpc) is 3.13. The van der Waals surface area contributed by atoms with E-state index in [0.717, 1.165) is 50.2 Å². The SMILES string of the molecule is CN1CCC(c2nc3c(C(=O)NC4CC5CCCC(C4)N5C)cccc3o2)CC1. The van der Waals surface area contributed by atoms with Gasteiger partial charge in [0.1, 0.15) is 5.52 Å². The van der Waals surface area contributed by atoms with Crippen molar-refractivity contribution in [3.63, 3.8) is 0 Å². The molecule has 2 atom stereocenters. The average molecular weight is 397 g/mol. The van der Waals surface area contributed by atoms with Gasteiger partial charge in [0.15, 0.2) is 11.5 Å². The van der Waals surface area contributed by atoms with Crippen LogP contribution < -0.4 is 5.32 Å². The molecule has 2 aromatic rings. The number of rotatable bonds is 3. The summed E-state index contributed by atoms with van der Waals surface area (Å²) in [7, 11) is 4.40. The molecule has 1 amide bonds. The molecule has 5 rings (SSSR count). The van der Waals surface area contributed by atoms with E-state index in [1.165, 1.54) is 19.3 Å². The van der Waals surface area contributed by atoms with E-state index in [-0.39, 0.29) is 11.9 Å². The molecule has 0 spiro atoms. The van der Waals surface area contributed by atoms with Crippen LogP contribution in [0.5, 0.6) is 0 Å². The van der Waals surface area contributed by atoms with E-state index in [1.807, 2.05) is 18.2 Å². The van der Waals surface area contributed by atoms with Gasteiger partial charge in [-0.1, -0.05) is 12.5 Å². The van der Waals surface area contributed by atoms with E-state index < -0.39 is 0 Å². The van der Waals surface area contributed by atoms with Gasteiger partial charge in [-0.3, -0.25) is 4.79 Å². The van der Waals surface area contributed by atoms with Crippen LogP contribution in [0.15, 0.2) is 22.6 Å². The molecule has 1 aromatic heterocycles. The van der Waals surface area contributed by atoms with Crippen LogP contribution >= 0.6 is 0 Å². The molecular weight excluding hydrogens is 364 g/mol. The Balaban J connectivity index is 1.34. The molecule has 3 fully saturated rings. The summed E-state index contributed by atoms with van der Waals surface area (Å²) in [4.78, 5) is 22.8. The smallest absolute Gasteiger partial charge is 0.253 e. The number of hydrogen-bond donors (Lipinski definition) is 1. The minimum absolute atomic E-state index is 0.00791. The minimum Gasteiger partial charge on any atom is -0.440 e. The van der Waals surface area contributed by atoms with Crippen molar-refractivity contribution in [3.05, 3.63) is 29.7 Å². The van der Waals surface area contributed by atoms with Crippen molar-refractivity contribution in [1.29, 1.82) is 0 Å². The Morgan fingerprint density at radius 3 is 2.55 bits per heavy atom. The Morgan fingerprint density at radius 1 is 1.10 bits per heavy atom. The molecule has 6 heteroatoms. The van der Waals surface area contributed by atoms with E-state index in [9.17, 15) is 4.79 Å². The highest BCUT2D eigenvalue weighted by atomic mass is 16.3. The minimum atomic E-state index is -0.00791. The van der Waals surface area contributed by atoms with Gasteiger partial charge < -0.3 is 19.5 Å². The highest BCUT2D eigenvalue weighted by molar-refractivity contribution is 6.04.